The molecule has 0 unspecified atom stereocenters. The van der Waals surface area contributed by atoms with Crippen molar-refractivity contribution in [2.45, 2.75) is 40.0 Å². The first kappa shape index (κ1) is 13.5. The maximum absolute atomic E-state index is 4.65. The van der Waals surface area contributed by atoms with E-state index in [-0.39, 0.29) is 0 Å². The van der Waals surface area contributed by atoms with E-state index in [2.05, 4.69) is 34.1 Å². The number of hydrogen-bond acceptors (Lipinski definition) is 4. The number of nitrogens with zero attached hydrogens (tertiary/aromatic N) is 4. The van der Waals surface area contributed by atoms with E-state index in [1.54, 1.807) is 12.5 Å². The van der Waals surface area contributed by atoms with E-state index in [9.17, 15) is 0 Å². The molecule has 5 heteroatoms. The predicted octanol–water partition coefficient (Wildman–Crippen LogP) is 2.75. The Hall–Kier alpha value is -1.91. The fraction of sp³-hybridized carbons (Fsp3) is 0.500. The summed E-state index contributed by atoms with van der Waals surface area (Å²) in [4.78, 5) is 13.3. The van der Waals surface area contributed by atoms with Crippen molar-refractivity contribution in [3.8, 4) is 5.82 Å². The molecule has 2 rings (SSSR count). The van der Waals surface area contributed by atoms with Crippen LogP contribution in [0.3, 0.4) is 0 Å². The monoisotopic (exact) mass is 259 g/mol. The lowest BCUT2D eigenvalue weighted by molar-refractivity contribution is 0.808. The lowest BCUT2D eigenvalue weighted by Gasteiger charge is -2.13. The zero-order chi connectivity index (χ0) is 13.7. The Kier molecular flexibility index (Phi) is 4.49. The first-order valence-corrected chi connectivity index (χ1v) is 6.86. The van der Waals surface area contributed by atoms with Crippen molar-refractivity contribution in [1.82, 2.24) is 19.5 Å². The second kappa shape index (κ2) is 6.31. The van der Waals surface area contributed by atoms with Gasteiger partial charge in [0, 0.05) is 30.9 Å². The molecule has 102 valence electrons. The zero-order valence-corrected chi connectivity index (χ0v) is 11.8. The maximum atomic E-state index is 4.65. The summed E-state index contributed by atoms with van der Waals surface area (Å²) in [5.41, 5.74) is 1.06. The molecular formula is C14H21N5. The molecule has 0 atom stereocenters. The molecule has 1 N–H and O–H groups in total. The smallest absolute Gasteiger partial charge is 0.146 e. The molecule has 0 fully saturated rings. The van der Waals surface area contributed by atoms with Crippen molar-refractivity contribution in [2.75, 3.05) is 11.9 Å². The van der Waals surface area contributed by atoms with Gasteiger partial charge in [-0.25, -0.2) is 15.0 Å². The van der Waals surface area contributed by atoms with Gasteiger partial charge in [0.15, 0.2) is 0 Å². The Morgan fingerprint density at radius 3 is 2.68 bits per heavy atom. The van der Waals surface area contributed by atoms with Crippen LogP contribution in [0.4, 0.5) is 5.82 Å². The Morgan fingerprint density at radius 1 is 1.21 bits per heavy atom. The Balaban J connectivity index is 2.43. The van der Waals surface area contributed by atoms with Crippen LogP contribution in [-0.4, -0.2) is 26.1 Å². The van der Waals surface area contributed by atoms with E-state index in [0.29, 0.717) is 0 Å². The van der Waals surface area contributed by atoms with Gasteiger partial charge in [-0.2, -0.15) is 0 Å². The van der Waals surface area contributed by atoms with Crippen LogP contribution in [0.1, 0.15) is 38.1 Å². The number of nitrogens with one attached hydrogen (secondary N) is 1. The van der Waals surface area contributed by atoms with E-state index >= 15 is 0 Å². The van der Waals surface area contributed by atoms with Gasteiger partial charge in [0.1, 0.15) is 23.8 Å². The number of aryl methyl sites for hydroxylation is 1. The molecule has 0 aromatic carbocycles. The average Bonchev–Trinajstić information content (AvgIpc) is 2.93. The normalized spacial score (nSPS) is 10.7. The third-order valence-corrected chi connectivity index (χ3v) is 2.93. The van der Waals surface area contributed by atoms with E-state index in [1.807, 2.05) is 17.7 Å². The summed E-state index contributed by atoms with van der Waals surface area (Å²) >= 11 is 0. The number of aromatic nitrogens is 4. The Morgan fingerprint density at radius 2 is 2.05 bits per heavy atom. The SMILES string of the molecule is CCCNc1nc(CCC)nc(-n2ccnc2)c1C. The number of anilines is 1. The molecule has 0 radical (unpaired) electrons. The number of hydrogen-bond donors (Lipinski definition) is 1. The lowest BCUT2D eigenvalue weighted by atomic mass is 10.2. The highest BCUT2D eigenvalue weighted by Crippen LogP contribution is 2.19. The van der Waals surface area contributed by atoms with Crippen LogP contribution in [0.2, 0.25) is 0 Å². The summed E-state index contributed by atoms with van der Waals surface area (Å²) in [6.07, 6.45) is 8.46. The van der Waals surface area contributed by atoms with Crippen LogP contribution >= 0.6 is 0 Å². The van der Waals surface area contributed by atoms with Gasteiger partial charge in [0.2, 0.25) is 0 Å². The van der Waals surface area contributed by atoms with Crippen LogP contribution in [0.25, 0.3) is 5.82 Å². The van der Waals surface area contributed by atoms with E-state index in [4.69, 9.17) is 0 Å². The highest BCUT2D eigenvalue weighted by molar-refractivity contribution is 5.51. The first-order chi connectivity index (χ1) is 9.26. The first-order valence-electron chi connectivity index (χ1n) is 6.86. The van der Waals surface area contributed by atoms with Gasteiger partial charge in [0.25, 0.3) is 0 Å². The highest BCUT2D eigenvalue weighted by atomic mass is 15.1. The van der Waals surface area contributed by atoms with Gasteiger partial charge in [0.05, 0.1) is 0 Å². The predicted molar refractivity (Wildman–Crippen MR) is 76.7 cm³/mol. The minimum atomic E-state index is 0.885. The minimum absolute atomic E-state index is 0.885. The molecule has 5 nitrogen and oxygen atoms in total. The summed E-state index contributed by atoms with van der Waals surface area (Å²) in [5.74, 6) is 2.73. The van der Waals surface area contributed by atoms with Gasteiger partial charge in [-0.05, 0) is 19.8 Å². The summed E-state index contributed by atoms with van der Waals surface area (Å²) in [6, 6.07) is 0. The topological polar surface area (TPSA) is 55.6 Å². The Bertz CT molecular complexity index is 519. The molecule has 2 aromatic heterocycles. The van der Waals surface area contributed by atoms with E-state index in [1.165, 1.54) is 0 Å². The van der Waals surface area contributed by atoms with Crippen LogP contribution in [-0.2, 0) is 6.42 Å². The molecular weight excluding hydrogens is 238 g/mol. The van der Waals surface area contributed by atoms with Gasteiger partial charge in [-0.1, -0.05) is 13.8 Å². The molecule has 0 bridgehead atoms. The molecule has 0 aliphatic carbocycles. The van der Waals surface area contributed by atoms with Gasteiger partial charge in [-0.3, -0.25) is 4.57 Å². The summed E-state index contributed by atoms with van der Waals surface area (Å²) < 4.78 is 1.94. The van der Waals surface area contributed by atoms with Crippen LogP contribution in [0.5, 0.6) is 0 Å². The van der Waals surface area contributed by atoms with Gasteiger partial charge >= 0.3 is 0 Å². The van der Waals surface area contributed by atoms with Crippen LogP contribution < -0.4 is 5.32 Å². The number of rotatable bonds is 6. The van der Waals surface area contributed by atoms with Crippen LogP contribution in [0.15, 0.2) is 18.7 Å². The Labute approximate surface area is 114 Å². The fourth-order valence-electron chi connectivity index (χ4n) is 1.94. The standard InChI is InChI=1S/C14H21N5/c1-4-6-12-17-13(16-7-5-2)11(3)14(18-12)19-9-8-15-10-19/h8-10H,4-7H2,1-3H3,(H,16,17,18). The van der Waals surface area contributed by atoms with Crippen molar-refractivity contribution >= 4 is 5.82 Å². The lowest BCUT2D eigenvalue weighted by Crippen LogP contribution is -2.11. The fourth-order valence-corrected chi connectivity index (χ4v) is 1.94. The quantitative estimate of drug-likeness (QED) is 0.866. The van der Waals surface area contributed by atoms with E-state index in [0.717, 1.165) is 48.8 Å². The van der Waals surface area contributed by atoms with Crippen molar-refractivity contribution in [1.29, 1.82) is 0 Å². The maximum Gasteiger partial charge on any atom is 0.146 e. The third-order valence-electron chi connectivity index (χ3n) is 2.93. The molecule has 19 heavy (non-hydrogen) atoms. The summed E-state index contributed by atoms with van der Waals surface area (Å²) in [5, 5.41) is 3.38. The van der Waals surface area contributed by atoms with Crippen molar-refractivity contribution in [3.05, 3.63) is 30.1 Å². The minimum Gasteiger partial charge on any atom is -0.370 e. The van der Waals surface area contributed by atoms with Crippen molar-refractivity contribution in [3.63, 3.8) is 0 Å². The van der Waals surface area contributed by atoms with Gasteiger partial charge < -0.3 is 5.32 Å². The largest absolute Gasteiger partial charge is 0.370 e. The summed E-state index contributed by atoms with van der Waals surface area (Å²) in [7, 11) is 0. The second-order valence-electron chi connectivity index (χ2n) is 4.58. The summed E-state index contributed by atoms with van der Waals surface area (Å²) in [6.45, 7) is 7.25. The third kappa shape index (κ3) is 3.10. The molecule has 0 saturated carbocycles. The molecule has 0 spiro atoms. The molecule has 2 heterocycles. The van der Waals surface area contributed by atoms with Crippen molar-refractivity contribution < 1.29 is 0 Å². The average molecular weight is 259 g/mol. The molecule has 0 saturated heterocycles. The molecule has 0 amide bonds. The molecule has 0 aliphatic heterocycles. The van der Waals surface area contributed by atoms with Gasteiger partial charge in [-0.15, -0.1) is 0 Å². The number of imidazole rings is 1. The molecule has 0 aliphatic rings. The highest BCUT2D eigenvalue weighted by Gasteiger charge is 2.11. The van der Waals surface area contributed by atoms with E-state index < -0.39 is 0 Å². The zero-order valence-electron chi connectivity index (χ0n) is 11.8. The van der Waals surface area contributed by atoms with Crippen LogP contribution in [0, 0.1) is 6.92 Å². The van der Waals surface area contributed by atoms with Crippen molar-refractivity contribution in [2.24, 2.45) is 0 Å². The molecule has 2 aromatic rings. The second-order valence-corrected chi connectivity index (χ2v) is 4.58.